The van der Waals surface area contributed by atoms with E-state index in [4.69, 9.17) is 9.84 Å². The molecule has 3 N–H and O–H groups in total. The Morgan fingerprint density at radius 2 is 1.58 bits per heavy atom. The van der Waals surface area contributed by atoms with Crippen molar-refractivity contribution in [2.75, 3.05) is 19.7 Å². The number of carboxylic acids is 1. The Morgan fingerprint density at radius 1 is 1.00 bits per heavy atom. The van der Waals surface area contributed by atoms with E-state index in [1.165, 1.54) is 0 Å². The maximum Gasteiger partial charge on any atom is 0.407 e. The summed E-state index contributed by atoms with van der Waals surface area (Å²) in [6.45, 7) is 5.94. The third-order valence-corrected chi connectivity index (χ3v) is 6.22. The summed E-state index contributed by atoms with van der Waals surface area (Å²) in [4.78, 5) is 35.9. The molecule has 0 radical (unpaired) electrons. The van der Waals surface area contributed by atoms with Crippen LogP contribution in [0.15, 0.2) is 48.5 Å². The molecule has 0 saturated carbocycles. The number of hydrogen-bond donors (Lipinski definition) is 3. The molecule has 1 unspecified atom stereocenters. The molecule has 176 valence electrons. The van der Waals surface area contributed by atoms with E-state index in [9.17, 15) is 14.4 Å². The van der Waals surface area contributed by atoms with Crippen molar-refractivity contribution in [1.82, 2.24) is 10.6 Å². The van der Waals surface area contributed by atoms with Crippen LogP contribution in [0.4, 0.5) is 4.79 Å². The summed E-state index contributed by atoms with van der Waals surface area (Å²) >= 11 is 0. The summed E-state index contributed by atoms with van der Waals surface area (Å²) in [7, 11) is 0. The van der Waals surface area contributed by atoms with Crippen LogP contribution in [0.1, 0.15) is 50.7 Å². The van der Waals surface area contributed by atoms with Crippen molar-refractivity contribution < 1.29 is 24.2 Å². The topological polar surface area (TPSA) is 105 Å². The molecular formula is C26H32N2O5. The lowest BCUT2D eigenvalue weighted by Gasteiger charge is -2.25. The number of carbonyl (C=O) groups is 3. The van der Waals surface area contributed by atoms with Crippen LogP contribution >= 0.6 is 0 Å². The van der Waals surface area contributed by atoms with E-state index in [-0.39, 0.29) is 43.9 Å². The summed E-state index contributed by atoms with van der Waals surface area (Å²) in [5, 5.41) is 14.4. The van der Waals surface area contributed by atoms with Gasteiger partial charge in [0, 0.05) is 25.4 Å². The van der Waals surface area contributed by atoms with E-state index in [0.717, 1.165) is 22.3 Å². The Labute approximate surface area is 194 Å². The molecule has 0 aromatic heterocycles. The van der Waals surface area contributed by atoms with Crippen molar-refractivity contribution in [1.29, 1.82) is 0 Å². The predicted molar refractivity (Wildman–Crippen MR) is 126 cm³/mol. The summed E-state index contributed by atoms with van der Waals surface area (Å²) in [6.07, 6.45) is 0.0929. The third kappa shape index (κ3) is 5.92. The Hall–Kier alpha value is -3.35. The summed E-state index contributed by atoms with van der Waals surface area (Å²) < 4.78 is 5.53. The number of amides is 2. The SMILES string of the molecule is CCC(CNC(=O)C(C)(C)CNC(=O)OCC1c2ccccc2-c2ccccc21)CC(=O)O. The van der Waals surface area contributed by atoms with Gasteiger partial charge in [0.1, 0.15) is 6.61 Å². The maximum absolute atomic E-state index is 12.6. The lowest BCUT2D eigenvalue weighted by molar-refractivity contribution is -0.138. The van der Waals surface area contributed by atoms with Crippen LogP contribution in [-0.4, -0.2) is 42.8 Å². The zero-order valence-electron chi connectivity index (χ0n) is 19.4. The first-order valence-corrected chi connectivity index (χ1v) is 11.3. The number of carboxylic acid groups (broad SMARTS) is 1. The van der Waals surface area contributed by atoms with Crippen LogP contribution in [-0.2, 0) is 14.3 Å². The van der Waals surface area contributed by atoms with Crippen molar-refractivity contribution in [3.63, 3.8) is 0 Å². The minimum absolute atomic E-state index is 0.00914. The fourth-order valence-corrected chi connectivity index (χ4v) is 4.11. The first-order valence-electron chi connectivity index (χ1n) is 11.3. The molecule has 0 aliphatic heterocycles. The van der Waals surface area contributed by atoms with Gasteiger partial charge in [0.2, 0.25) is 5.91 Å². The highest BCUT2D eigenvalue weighted by Gasteiger charge is 2.31. The molecule has 1 aliphatic rings. The highest BCUT2D eigenvalue weighted by Crippen LogP contribution is 2.44. The number of carbonyl (C=O) groups excluding carboxylic acids is 2. The maximum atomic E-state index is 12.6. The van der Waals surface area contributed by atoms with Gasteiger partial charge in [0.15, 0.2) is 0 Å². The minimum atomic E-state index is -0.882. The smallest absolute Gasteiger partial charge is 0.407 e. The number of fused-ring (bicyclic) bond motifs is 3. The highest BCUT2D eigenvalue weighted by molar-refractivity contribution is 5.83. The minimum Gasteiger partial charge on any atom is -0.481 e. The third-order valence-electron chi connectivity index (χ3n) is 6.22. The van der Waals surface area contributed by atoms with Crippen LogP contribution < -0.4 is 10.6 Å². The second kappa shape index (κ2) is 10.5. The van der Waals surface area contributed by atoms with E-state index < -0.39 is 17.5 Å². The fourth-order valence-electron chi connectivity index (χ4n) is 4.11. The van der Waals surface area contributed by atoms with Crippen molar-refractivity contribution in [3.8, 4) is 11.1 Å². The van der Waals surface area contributed by atoms with Crippen molar-refractivity contribution in [2.24, 2.45) is 11.3 Å². The normalized spacial score (nSPS) is 13.5. The lowest BCUT2D eigenvalue weighted by Crippen LogP contribution is -2.46. The highest BCUT2D eigenvalue weighted by atomic mass is 16.5. The van der Waals surface area contributed by atoms with Gasteiger partial charge < -0.3 is 20.5 Å². The number of hydrogen-bond acceptors (Lipinski definition) is 4. The molecule has 7 heteroatoms. The average Bonchev–Trinajstić information content (AvgIpc) is 3.12. The molecule has 0 heterocycles. The predicted octanol–water partition coefficient (Wildman–Crippen LogP) is 4.17. The number of rotatable bonds is 10. The monoisotopic (exact) mass is 452 g/mol. The van der Waals surface area contributed by atoms with Crippen molar-refractivity contribution in [3.05, 3.63) is 59.7 Å². The molecule has 0 saturated heterocycles. The Kier molecular flexibility index (Phi) is 7.74. The first kappa shape index (κ1) is 24.3. The molecule has 1 atom stereocenters. The van der Waals surface area contributed by atoms with E-state index in [1.807, 2.05) is 31.2 Å². The number of benzene rings is 2. The Balaban J connectivity index is 1.51. The first-order chi connectivity index (χ1) is 15.7. The van der Waals surface area contributed by atoms with Crippen LogP contribution in [0.5, 0.6) is 0 Å². The van der Waals surface area contributed by atoms with Gasteiger partial charge in [0.25, 0.3) is 0 Å². The molecule has 0 bridgehead atoms. The number of aliphatic carboxylic acids is 1. The molecule has 2 amide bonds. The second-order valence-corrected chi connectivity index (χ2v) is 9.15. The molecule has 7 nitrogen and oxygen atoms in total. The van der Waals surface area contributed by atoms with Crippen LogP contribution in [0.2, 0.25) is 0 Å². The molecule has 3 rings (SSSR count). The van der Waals surface area contributed by atoms with Gasteiger partial charge in [-0.1, -0.05) is 61.9 Å². The molecule has 0 spiro atoms. The van der Waals surface area contributed by atoms with E-state index in [0.29, 0.717) is 6.42 Å². The summed E-state index contributed by atoms with van der Waals surface area (Å²) in [6, 6.07) is 16.2. The van der Waals surface area contributed by atoms with E-state index in [2.05, 4.69) is 34.9 Å². The summed E-state index contributed by atoms with van der Waals surface area (Å²) in [5.41, 5.74) is 3.73. The van der Waals surface area contributed by atoms with E-state index >= 15 is 0 Å². The van der Waals surface area contributed by atoms with Crippen molar-refractivity contribution >= 4 is 18.0 Å². The average molecular weight is 453 g/mol. The lowest BCUT2D eigenvalue weighted by atomic mass is 9.91. The van der Waals surface area contributed by atoms with Gasteiger partial charge in [-0.25, -0.2) is 4.79 Å². The van der Waals surface area contributed by atoms with Crippen LogP contribution in [0.3, 0.4) is 0 Å². The number of nitrogens with one attached hydrogen (secondary N) is 2. The van der Waals surface area contributed by atoms with Crippen LogP contribution in [0.25, 0.3) is 11.1 Å². The molecule has 1 aliphatic carbocycles. The zero-order valence-corrected chi connectivity index (χ0v) is 19.4. The number of alkyl carbamates (subject to hydrolysis) is 1. The summed E-state index contributed by atoms with van der Waals surface area (Å²) in [5.74, 6) is -1.28. The second-order valence-electron chi connectivity index (χ2n) is 9.15. The Bertz CT molecular complexity index is 972. The van der Waals surface area contributed by atoms with Gasteiger partial charge in [0.05, 0.1) is 5.41 Å². The molecule has 0 fully saturated rings. The molecule has 33 heavy (non-hydrogen) atoms. The number of ether oxygens (including phenoxy) is 1. The van der Waals surface area contributed by atoms with Gasteiger partial charge in [-0.3, -0.25) is 9.59 Å². The molecule has 2 aromatic rings. The molecule has 2 aromatic carbocycles. The largest absolute Gasteiger partial charge is 0.481 e. The van der Waals surface area contributed by atoms with E-state index in [1.54, 1.807) is 13.8 Å². The van der Waals surface area contributed by atoms with Gasteiger partial charge in [-0.05, 0) is 42.0 Å². The molecular weight excluding hydrogens is 420 g/mol. The van der Waals surface area contributed by atoms with Gasteiger partial charge >= 0.3 is 12.1 Å². The quantitative estimate of drug-likeness (QED) is 0.502. The van der Waals surface area contributed by atoms with Crippen LogP contribution in [0, 0.1) is 11.3 Å². The zero-order chi connectivity index (χ0) is 24.0. The fraction of sp³-hybridized carbons (Fsp3) is 0.423. The van der Waals surface area contributed by atoms with Gasteiger partial charge in [-0.2, -0.15) is 0 Å². The Morgan fingerprint density at radius 3 is 2.12 bits per heavy atom. The standard InChI is InChI=1S/C26H32N2O5/c1-4-17(13-23(29)30)14-27-24(31)26(2,3)16-28-25(32)33-15-22-20-11-7-5-9-18(20)19-10-6-8-12-21(19)22/h5-12,17,22H,4,13-16H2,1-3H3,(H,27,31)(H,28,32)(H,29,30). The van der Waals surface area contributed by atoms with Crippen molar-refractivity contribution in [2.45, 2.75) is 39.5 Å². The van der Waals surface area contributed by atoms with Gasteiger partial charge in [-0.15, -0.1) is 0 Å².